The average molecular weight is 484 g/mol. The number of amides is 2. The molecule has 12 heteroatoms. The van der Waals surface area contributed by atoms with Gasteiger partial charge in [0.2, 0.25) is 21.8 Å². The van der Waals surface area contributed by atoms with E-state index in [1.165, 1.54) is 0 Å². The number of carboxylic acids is 1. The van der Waals surface area contributed by atoms with Crippen LogP contribution in [0.2, 0.25) is 0 Å². The molecule has 3 N–H and O–H groups in total. The fourth-order valence-electron chi connectivity index (χ4n) is 4.02. The third-order valence-electron chi connectivity index (χ3n) is 5.68. The van der Waals surface area contributed by atoms with Crippen LogP contribution in [0.4, 0.5) is 0 Å². The standard InChI is InChI=1S/C21H29N3O8S/c25-16-12-18(21(28)29)24(13-16)20(27)17(6-7-19(26)23-8-10-32-11-9-23)22-33(30,31)14-15-4-2-1-3-5-15/h1-5,16-18,22,25H,6-14H2,(H,28,29)/t16-,17+,18-/m0/s1. The summed E-state index contributed by atoms with van der Waals surface area (Å²) < 4.78 is 33.2. The molecule has 2 heterocycles. The summed E-state index contributed by atoms with van der Waals surface area (Å²) in [5.74, 6) is -2.67. The number of β-amino-alcohol motifs (C(OH)–C–C–N with tert-alkyl or cyclic N) is 1. The summed E-state index contributed by atoms with van der Waals surface area (Å²) in [6.45, 7) is 1.42. The molecule has 182 valence electrons. The predicted octanol–water partition coefficient (Wildman–Crippen LogP) is -0.840. The minimum absolute atomic E-state index is 0.0988. The number of aliphatic carboxylic acids is 1. The molecule has 2 aliphatic heterocycles. The molecule has 2 amide bonds. The molecule has 0 radical (unpaired) electrons. The van der Waals surface area contributed by atoms with Crippen LogP contribution in [0.3, 0.4) is 0 Å². The minimum Gasteiger partial charge on any atom is -0.480 e. The second kappa shape index (κ2) is 11.1. The molecule has 3 atom stereocenters. The van der Waals surface area contributed by atoms with E-state index in [1.54, 1.807) is 35.2 Å². The lowest BCUT2D eigenvalue weighted by Crippen LogP contribution is -2.52. The van der Waals surface area contributed by atoms with Crippen LogP contribution < -0.4 is 4.72 Å². The summed E-state index contributed by atoms with van der Waals surface area (Å²) in [5, 5.41) is 19.3. The van der Waals surface area contributed by atoms with Crippen molar-refractivity contribution in [3.8, 4) is 0 Å². The van der Waals surface area contributed by atoms with Gasteiger partial charge in [-0.2, -0.15) is 0 Å². The number of sulfonamides is 1. The van der Waals surface area contributed by atoms with Crippen LogP contribution in [-0.2, 0) is 34.9 Å². The smallest absolute Gasteiger partial charge is 0.326 e. The number of nitrogens with zero attached hydrogens (tertiary/aromatic N) is 2. The van der Waals surface area contributed by atoms with Crippen LogP contribution in [0, 0.1) is 0 Å². The molecule has 33 heavy (non-hydrogen) atoms. The summed E-state index contributed by atoms with van der Waals surface area (Å²) in [7, 11) is -3.98. The largest absolute Gasteiger partial charge is 0.480 e. The Morgan fingerprint density at radius 3 is 2.45 bits per heavy atom. The van der Waals surface area contributed by atoms with Gasteiger partial charge in [0.1, 0.15) is 12.1 Å². The zero-order valence-electron chi connectivity index (χ0n) is 18.1. The highest BCUT2D eigenvalue weighted by Gasteiger charge is 2.42. The molecular weight excluding hydrogens is 454 g/mol. The van der Waals surface area contributed by atoms with Gasteiger partial charge < -0.3 is 24.7 Å². The second-order valence-electron chi connectivity index (χ2n) is 8.18. The monoisotopic (exact) mass is 483 g/mol. The van der Waals surface area contributed by atoms with Gasteiger partial charge in [-0.25, -0.2) is 17.9 Å². The number of carbonyl (C=O) groups excluding carboxylic acids is 2. The molecule has 1 aromatic rings. The normalized spacial score (nSPS) is 22.2. The molecule has 11 nitrogen and oxygen atoms in total. The number of rotatable bonds is 9. The van der Waals surface area contributed by atoms with Gasteiger partial charge in [-0.3, -0.25) is 9.59 Å². The average Bonchev–Trinajstić information content (AvgIpc) is 3.19. The van der Waals surface area contributed by atoms with Crippen molar-refractivity contribution in [1.29, 1.82) is 0 Å². The van der Waals surface area contributed by atoms with Crippen molar-refractivity contribution in [3.63, 3.8) is 0 Å². The summed E-state index contributed by atoms with van der Waals surface area (Å²) in [5.41, 5.74) is 0.514. The fourth-order valence-corrected chi connectivity index (χ4v) is 5.38. The molecule has 2 fully saturated rings. The van der Waals surface area contributed by atoms with Crippen molar-refractivity contribution in [2.75, 3.05) is 32.8 Å². The van der Waals surface area contributed by atoms with Crippen molar-refractivity contribution < 1.29 is 37.8 Å². The van der Waals surface area contributed by atoms with Gasteiger partial charge >= 0.3 is 5.97 Å². The van der Waals surface area contributed by atoms with Crippen molar-refractivity contribution in [2.24, 2.45) is 0 Å². The quantitative estimate of drug-likeness (QED) is 0.411. The first-order chi connectivity index (χ1) is 15.7. The van der Waals surface area contributed by atoms with E-state index >= 15 is 0 Å². The van der Waals surface area contributed by atoms with E-state index in [9.17, 15) is 33.0 Å². The Balaban J connectivity index is 1.75. The molecule has 0 bridgehead atoms. The highest BCUT2D eigenvalue weighted by atomic mass is 32.2. The maximum atomic E-state index is 13.2. The van der Waals surface area contributed by atoms with E-state index in [0.717, 1.165) is 4.90 Å². The number of benzene rings is 1. The lowest BCUT2D eigenvalue weighted by Gasteiger charge is -2.29. The molecule has 3 rings (SSSR count). The Morgan fingerprint density at radius 2 is 1.82 bits per heavy atom. The van der Waals surface area contributed by atoms with Gasteiger partial charge in [-0.15, -0.1) is 0 Å². The SMILES string of the molecule is O=C(O)[C@@H]1C[C@H](O)CN1C(=O)[C@@H](CCC(=O)N1CCOCC1)NS(=O)(=O)Cc1ccccc1. The molecular formula is C21H29N3O8S. The number of ether oxygens (including phenoxy) is 1. The third kappa shape index (κ3) is 6.97. The van der Waals surface area contributed by atoms with Crippen molar-refractivity contribution >= 4 is 27.8 Å². The van der Waals surface area contributed by atoms with Crippen LogP contribution in [0.25, 0.3) is 0 Å². The van der Waals surface area contributed by atoms with Crippen molar-refractivity contribution in [1.82, 2.24) is 14.5 Å². The lowest BCUT2D eigenvalue weighted by atomic mass is 10.1. The van der Waals surface area contributed by atoms with Crippen molar-refractivity contribution in [3.05, 3.63) is 35.9 Å². The van der Waals surface area contributed by atoms with E-state index < -0.39 is 40.1 Å². The Bertz CT molecular complexity index is 950. The number of likely N-dealkylation sites (tertiary alicyclic amines) is 1. The Labute approximate surface area is 192 Å². The van der Waals surface area contributed by atoms with Gasteiger partial charge in [0.05, 0.1) is 25.1 Å². The molecule has 2 aliphatic rings. The Morgan fingerprint density at radius 1 is 1.15 bits per heavy atom. The maximum absolute atomic E-state index is 13.2. The van der Waals surface area contributed by atoms with E-state index in [4.69, 9.17) is 4.74 Å². The van der Waals surface area contributed by atoms with E-state index in [0.29, 0.717) is 31.9 Å². The highest BCUT2D eigenvalue weighted by Crippen LogP contribution is 2.21. The summed E-state index contributed by atoms with van der Waals surface area (Å²) >= 11 is 0. The highest BCUT2D eigenvalue weighted by molar-refractivity contribution is 7.88. The molecule has 0 aliphatic carbocycles. The van der Waals surface area contributed by atoms with Gasteiger partial charge in [0.25, 0.3) is 0 Å². The maximum Gasteiger partial charge on any atom is 0.326 e. The number of morpholine rings is 1. The summed E-state index contributed by atoms with van der Waals surface area (Å²) in [6.07, 6.45) is -1.40. The van der Waals surface area contributed by atoms with E-state index in [2.05, 4.69) is 4.72 Å². The third-order valence-corrected chi connectivity index (χ3v) is 7.03. The molecule has 0 unspecified atom stereocenters. The number of hydrogen-bond donors (Lipinski definition) is 3. The van der Waals surface area contributed by atoms with Crippen LogP contribution in [0.15, 0.2) is 30.3 Å². The van der Waals surface area contributed by atoms with Gasteiger partial charge in [-0.1, -0.05) is 30.3 Å². The number of carboxylic acid groups (broad SMARTS) is 1. The second-order valence-corrected chi connectivity index (χ2v) is 9.93. The fraction of sp³-hybridized carbons (Fsp3) is 0.571. The number of nitrogens with one attached hydrogen (secondary N) is 1. The molecule has 2 saturated heterocycles. The predicted molar refractivity (Wildman–Crippen MR) is 116 cm³/mol. The minimum atomic E-state index is -3.98. The molecule has 0 aromatic heterocycles. The molecule has 0 saturated carbocycles. The Kier molecular flexibility index (Phi) is 8.40. The van der Waals surface area contributed by atoms with Crippen molar-refractivity contribution in [2.45, 2.75) is 43.2 Å². The Hall–Kier alpha value is -2.54. The summed E-state index contributed by atoms with van der Waals surface area (Å²) in [4.78, 5) is 39.9. The number of aliphatic hydroxyl groups excluding tert-OH is 1. The summed E-state index contributed by atoms with van der Waals surface area (Å²) in [6, 6.07) is 5.80. The van der Waals surface area contributed by atoms with E-state index in [-0.39, 0.29) is 37.5 Å². The van der Waals surface area contributed by atoms with Crippen LogP contribution in [0.1, 0.15) is 24.8 Å². The molecule has 1 aromatic carbocycles. The first kappa shape index (κ1) is 25.1. The number of aliphatic hydroxyl groups is 1. The van der Waals surface area contributed by atoms with Crippen LogP contribution in [0.5, 0.6) is 0 Å². The topological polar surface area (TPSA) is 154 Å². The van der Waals surface area contributed by atoms with E-state index in [1.807, 2.05) is 0 Å². The van der Waals surface area contributed by atoms with Crippen LogP contribution >= 0.6 is 0 Å². The first-order valence-electron chi connectivity index (χ1n) is 10.8. The zero-order valence-corrected chi connectivity index (χ0v) is 18.9. The zero-order chi connectivity index (χ0) is 24.0. The lowest BCUT2D eigenvalue weighted by molar-refractivity contribution is -0.149. The van der Waals surface area contributed by atoms with Gasteiger partial charge in [0.15, 0.2) is 0 Å². The first-order valence-corrected chi connectivity index (χ1v) is 12.4. The molecule has 0 spiro atoms. The van der Waals surface area contributed by atoms with Gasteiger partial charge in [-0.05, 0) is 12.0 Å². The van der Waals surface area contributed by atoms with Gasteiger partial charge in [0, 0.05) is 32.5 Å². The number of hydrogen-bond acceptors (Lipinski definition) is 7. The van der Waals surface area contributed by atoms with Crippen LogP contribution in [-0.4, -0.2) is 97.3 Å². The number of carbonyl (C=O) groups is 3.